The Morgan fingerprint density at radius 2 is 2.14 bits per heavy atom. The first-order chi connectivity index (χ1) is 10.2. The predicted octanol–water partition coefficient (Wildman–Crippen LogP) is 2.66. The molecule has 1 amide bonds. The quantitative estimate of drug-likeness (QED) is 0.628. The second kappa shape index (κ2) is 7.40. The van der Waals surface area contributed by atoms with Gasteiger partial charge in [-0.2, -0.15) is 0 Å². The summed E-state index contributed by atoms with van der Waals surface area (Å²) >= 11 is 0. The van der Waals surface area contributed by atoms with Crippen molar-refractivity contribution >= 4 is 5.91 Å². The molecule has 0 radical (unpaired) electrons. The fourth-order valence-electron chi connectivity index (χ4n) is 1.69. The lowest BCUT2D eigenvalue weighted by Gasteiger charge is -2.04. The molecule has 0 aliphatic rings. The molecule has 2 aromatic rings. The highest BCUT2D eigenvalue weighted by molar-refractivity contribution is 5.93. The van der Waals surface area contributed by atoms with Crippen molar-refractivity contribution in [1.29, 1.82) is 0 Å². The van der Waals surface area contributed by atoms with Gasteiger partial charge in [-0.3, -0.25) is 4.79 Å². The molecule has 0 spiro atoms. The number of ether oxygens (including phenoxy) is 1. The third-order valence-electron chi connectivity index (χ3n) is 2.68. The van der Waals surface area contributed by atoms with Crippen LogP contribution < -0.4 is 5.32 Å². The summed E-state index contributed by atoms with van der Waals surface area (Å²) in [6.07, 6.45) is 0. The lowest BCUT2D eigenvalue weighted by molar-refractivity contribution is 0.0918. The van der Waals surface area contributed by atoms with E-state index < -0.39 is 0 Å². The van der Waals surface area contributed by atoms with E-state index in [1.807, 2.05) is 37.3 Å². The summed E-state index contributed by atoms with van der Waals surface area (Å²) in [4.78, 5) is 11.9. The summed E-state index contributed by atoms with van der Waals surface area (Å²) in [6, 6.07) is 11.1. The van der Waals surface area contributed by atoms with Crippen molar-refractivity contribution in [2.24, 2.45) is 0 Å². The number of carbonyl (C=O) groups excluding carboxylic acids is 1. The number of benzene rings is 1. The Bertz CT molecular complexity index is 605. The second-order valence-corrected chi connectivity index (χ2v) is 4.71. The van der Waals surface area contributed by atoms with Crippen molar-refractivity contribution in [2.45, 2.75) is 6.92 Å². The van der Waals surface area contributed by atoms with Crippen molar-refractivity contribution < 1.29 is 14.1 Å². The van der Waals surface area contributed by atoms with Crippen molar-refractivity contribution in [3.8, 4) is 11.3 Å². The third kappa shape index (κ3) is 4.57. The highest BCUT2D eigenvalue weighted by atomic mass is 16.5. The van der Waals surface area contributed by atoms with Gasteiger partial charge in [0.1, 0.15) is 0 Å². The minimum absolute atomic E-state index is 0.258. The van der Waals surface area contributed by atoms with Crippen LogP contribution in [0.5, 0.6) is 0 Å². The van der Waals surface area contributed by atoms with Gasteiger partial charge in [0.15, 0.2) is 11.5 Å². The van der Waals surface area contributed by atoms with E-state index in [2.05, 4.69) is 17.1 Å². The molecule has 0 atom stereocenters. The summed E-state index contributed by atoms with van der Waals surface area (Å²) in [7, 11) is 0. The molecule has 1 heterocycles. The van der Waals surface area contributed by atoms with Crippen LogP contribution in [0.4, 0.5) is 0 Å². The zero-order valence-corrected chi connectivity index (χ0v) is 12.0. The number of hydrogen-bond acceptors (Lipinski definition) is 4. The highest BCUT2D eigenvalue weighted by Crippen LogP contribution is 2.19. The Morgan fingerprint density at radius 1 is 1.38 bits per heavy atom. The fourth-order valence-corrected chi connectivity index (χ4v) is 1.69. The maximum atomic E-state index is 11.9. The SMILES string of the molecule is C=C(C)COCCNC(=O)c1cc(-c2ccccc2)on1. The Morgan fingerprint density at radius 3 is 2.86 bits per heavy atom. The van der Waals surface area contributed by atoms with Crippen LogP contribution in [0.2, 0.25) is 0 Å². The Kier molecular flexibility index (Phi) is 5.29. The summed E-state index contributed by atoms with van der Waals surface area (Å²) < 4.78 is 10.5. The molecule has 1 N–H and O–H groups in total. The van der Waals surface area contributed by atoms with E-state index in [1.54, 1.807) is 6.07 Å². The Balaban J connectivity index is 1.84. The molecule has 0 bridgehead atoms. The van der Waals surface area contributed by atoms with E-state index >= 15 is 0 Å². The van der Waals surface area contributed by atoms with E-state index in [9.17, 15) is 4.79 Å². The van der Waals surface area contributed by atoms with Crippen molar-refractivity contribution in [2.75, 3.05) is 19.8 Å². The summed E-state index contributed by atoms with van der Waals surface area (Å²) in [6.45, 7) is 6.97. The van der Waals surface area contributed by atoms with E-state index in [-0.39, 0.29) is 11.6 Å². The van der Waals surface area contributed by atoms with Crippen LogP contribution in [0.3, 0.4) is 0 Å². The number of nitrogens with one attached hydrogen (secondary N) is 1. The van der Waals surface area contributed by atoms with Crippen LogP contribution in [-0.2, 0) is 4.74 Å². The van der Waals surface area contributed by atoms with Gasteiger partial charge in [-0.25, -0.2) is 0 Å². The molecule has 110 valence electrons. The number of nitrogens with zero attached hydrogens (tertiary/aromatic N) is 1. The maximum Gasteiger partial charge on any atom is 0.273 e. The number of aromatic nitrogens is 1. The molecule has 0 saturated heterocycles. The van der Waals surface area contributed by atoms with Crippen molar-refractivity contribution in [1.82, 2.24) is 10.5 Å². The first-order valence-electron chi connectivity index (χ1n) is 6.69. The van der Waals surface area contributed by atoms with Gasteiger partial charge in [0.2, 0.25) is 0 Å². The molecule has 1 aromatic carbocycles. The second-order valence-electron chi connectivity index (χ2n) is 4.71. The lowest BCUT2D eigenvalue weighted by atomic mass is 10.1. The first-order valence-corrected chi connectivity index (χ1v) is 6.69. The van der Waals surface area contributed by atoms with Gasteiger partial charge in [-0.1, -0.05) is 47.6 Å². The molecule has 5 heteroatoms. The standard InChI is InChI=1S/C16H18N2O3/c1-12(2)11-20-9-8-17-16(19)14-10-15(21-18-14)13-6-4-3-5-7-13/h3-7,10H,1,8-9,11H2,2H3,(H,17,19). The van der Waals surface area contributed by atoms with Crippen LogP contribution in [-0.4, -0.2) is 30.8 Å². The molecule has 2 rings (SSSR count). The van der Waals surface area contributed by atoms with Gasteiger partial charge in [-0.05, 0) is 6.92 Å². The van der Waals surface area contributed by atoms with Crippen LogP contribution in [0.25, 0.3) is 11.3 Å². The maximum absolute atomic E-state index is 11.9. The van der Waals surface area contributed by atoms with Crippen LogP contribution in [0.15, 0.2) is 53.1 Å². The molecule has 1 aromatic heterocycles. The smallest absolute Gasteiger partial charge is 0.273 e. The minimum Gasteiger partial charge on any atom is -0.375 e. The fraction of sp³-hybridized carbons (Fsp3) is 0.250. The van der Waals surface area contributed by atoms with Crippen molar-refractivity contribution in [3.63, 3.8) is 0 Å². The van der Waals surface area contributed by atoms with E-state index in [0.717, 1.165) is 11.1 Å². The van der Waals surface area contributed by atoms with Gasteiger partial charge in [0, 0.05) is 18.2 Å². The highest BCUT2D eigenvalue weighted by Gasteiger charge is 2.12. The van der Waals surface area contributed by atoms with Crippen LogP contribution in [0.1, 0.15) is 17.4 Å². The van der Waals surface area contributed by atoms with E-state index in [1.165, 1.54) is 0 Å². The minimum atomic E-state index is -0.278. The predicted molar refractivity (Wildman–Crippen MR) is 79.9 cm³/mol. The van der Waals surface area contributed by atoms with E-state index in [4.69, 9.17) is 9.26 Å². The van der Waals surface area contributed by atoms with Crippen LogP contribution in [0, 0.1) is 0 Å². The third-order valence-corrected chi connectivity index (χ3v) is 2.68. The Hall–Kier alpha value is -2.40. The van der Waals surface area contributed by atoms with E-state index in [0.29, 0.717) is 25.5 Å². The summed E-state index contributed by atoms with van der Waals surface area (Å²) in [5, 5.41) is 6.50. The van der Waals surface area contributed by atoms with Crippen LogP contribution >= 0.6 is 0 Å². The number of amides is 1. The topological polar surface area (TPSA) is 64.4 Å². The molecule has 0 aliphatic heterocycles. The van der Waals surface area contributed by atoms with Gasteiger partial charge >= 0.3 is 0 Å². The Labute approximate surface area is 123 Å². The average molecular weight is 286 g/mol. The zero-order valence-electron chi connectivity index (χ0n) is 12.0. The van der Waals surface area contributed by atoms with Crippen molar-refractivity contribution in [3.05, 3.63) is 54.2 Å². The number of rotatable bonds is 7. The summed E-state index contributed by atoms with van der Waals surface area (Å²) in [5.41, 5.74) is 2.09. The molecule has 0 aliphatic carbocycles. The normalized spacial score (nSPS) is 10.3. The van der Waals surface area contributed by atoms with Gasteiger partial charge in [-0.15, -0.1) is 0 Å². The number of hydrogen-bond donors (Lipinski definition) is 1. The van der Waals surface area contributed by atoms with Gasteiger partial charge in [0.25, 0.3) is 5.91 Å². The first kappa shape index (κ1) is 15.0. The molecular formula is C16H18N2O3. The molecular weight excluding hydrogens is 268 g/mol. The van der Waals surface area contributed by atoms with Gasteiger partial charge < -0.3 is 14.6 Å². The molecule has 5 nitrogen and oxygen atoms in total. The average Bonchev–Trinajstić information content (AvgIpc) is 2.97. The number of carbonyl (C=O) groups is 1. The van der Waals surface area contributed by atoms with Gasteiger partial charge in [0.05, 0.1) is 13.2 Å². The lowest BCUT2D eigenvalue weighted by Crippen LogP contribution is -2.27. The molecule has 21 heavy (non-hydrogen) atoms. The zero-order chi connectivity index (χ0) is 15.1. The summed E-state index contributed by atoms with van der Waals surface area (Å²) in [5.74, 6) is 0.291. The largest absolute Gasteiger partial charge is 0.375 e. The molecule has 0 fully saturated rings. The monoisotopic (exact) mass is 286 g/mol. The molecule has 0 saturated carbocycles. The molecule has 0 unspecified atom stereocenters.